The molecule has 2 aliphatic heterocycles. The minimum atomic E-state index is -0.907. The molecule has 0 spiro atoms. The number of nitrogens with zero attached hydrogens (tertiary/aromatic N) is 1. The van der Waals surface area contributed by atoms with Gasteiger partial charge in [-0.3, -0.25) is 0 Å². The fourth-order valence-electron chi connectivity index (χ4n) is 1.17. The van der Waals surface area contributed by atoms with Crippen molar-refractivity contribution in [3.8, 4) is 0 Å². The molecule has 11 heavy (non-hydrogen) atoms. The maximum absolute atomic E-state index is 4.42. The van der Waals surface area contributed by atoms with Crippen LogP contribution in [0, 0.1) is 0 Å². The van der Waals surface area contributed by atoms with Crippen molar-refractivity contribution in [2.24, 2.45) is 4.99 Å². The van der Waals surface area contributed by atoms with Crippen molar-refractivity contribution in [1.29, 1.82) is 0 Å². The summed E-state index contributed by atoms with van der Waals surface area (Å²) in [5.41, 5.74) is 1.39. The molecule has 60 valence electrons. The second-order valence-corrected chi connectivity index (χ2v) is 7.12. The maximum atomic E-state index is 4.42. The summed E-state index contributed by atoms with van der Waals surface area (Å²) in [5, 5.41) is 3.27. The van der Waals surface area contributed by atoms with Crippen LogP contribution in [-0.2, 0) is 0 Å². The van der Waals surface area contributed by atoms with Crippen LogP contribution in [0.1, 0.15) is 6.42 Å². The molecule has 2 heterocycles. The van der Waals surface area contributed by atoms with Gasteiger partial charge in [0.2, 0.25) is 0 Å². The summed E-state index contributed by atoms with van der Waals surface area (Å²) < 4.78 is 4.49. The molecule has 0 saturated carbocycles. The van der Waals surface area contributed by atoms with E-state index in [9.17, 15) is 0 Å². The first-order valence-electron chi connectivity index (χ1n) is 3.63. The van der Waals surface area contributed by atoms with Gasteiger partial charge in [0.05, 0.1) is 0 Å². The number of rotatable bonds is 0. The standard InChI is InChI=1S/C8H11IN2/c1-9-4-2-7-3-5-10-8(7)11-6-9/h2,4,6,10H,3,5H2,1H3. The van der Waals surface area contributed by atoms with Gasteiger partial charge in [0.25, 0.3) is 0 Å². The van der Waals surface area contributed by atoms with Crippen LogP contribution < -0.4 is 5.32 Å². The molecule has 1 N–H and O–H groups in total. The number of aliphatic imine (C=N–C) groups is 1. The first-order chi connectivity index (χ1) is 5.36. The van der Waals surface area contributed by atoms with E-state index in [2.05, 4.69) is 29.6 Å². The first-order valence-corrected chi connectivity index (χ1v) is 8.27. The van der Waals surface area contributed by atoms with Gasteiger partial charge in [-0.05, 0) is 0 Å². The molecule has 0 saturated heterocycles. The summed E-state index contributed by atoms with van der Waals surface area (Å²) >= 11 is -0.907. The molecule has 0 atom stereocenters. The van der Waals surface area contributed by atoms with Crippen LogP contribution in [0.2, 0.25) is 0 Å². The second kappa shape index (κ2) is 2.97. The number of halogens is 1. The third kappa shape index (κ3) is 1.47. The Morgan fingerprint density at radius 1 is 1.64 bits per heavy atom. The zero-order valence-corrected chi connectivity index (χ0v) is 8.63. The van der Waals surface area contributed by atoms with Gasteiger partial charge in [0, 0.05) is 0 Å². The molecule has 3 heteroatoms. The Hall–Kier alpha value is -0.320. The number of alkyl halides is 1. The molecule has 0 aromatic carbocycles. The number of allylic oxidation sites excluding steroid dienone is 1. The van der Waals surface area contributed by atoms with Gasteiger partial charge < -0.3 is 0 Å². The van der Waals surface area contributed by atoms with Crippen LogP contribution in [-0.4, -0.2) is 15.7 Å². The average Bonchev–Trinajstić information content (AvgIpc) is 2.38. The fourth-order valence-corrected chi connectivity index (χ4v) is 3.08. The zero-order valence-electron chi connectivity index (χ0n) is 6.47. The molecule has 0 unspecified atom stereocenters. The van der Waals surface area contributed by atoms with Crippen molar-refractivity contribution in [2.75, 3.05) is 11.5 Å². The van der Waals surface area contributed by atoms with E-state index >= 15 is 0 Å². The van der Waals surface area contributed by atoms with Gasteiger partial charge in [-0.25, -0.2) is 0 Å². The molecule has 0 radical (unpaired) electrons. The zero-order chi connectivity index (χ0) is 7.68. The van der Waals surface area contributed by atoms with Gasteiger partial charge in [0.15, 0.2) is 0 Å². The summed E-state index contributed by atoms with van der Waals surface area (Å²) in [6.45, 7) is 1.06. The molecular weight excluding hydrogens is 251 g/mol. The summed E-state index contributed by atoms with van der Waals surface area (Å²) in [7, 11) is 0. The minimum absolute atomic E-state index is 0.907. The van der Waals surface area contributed by atoms with Crippen LogP contribution in [0.25, 0.3) is 0 Å². The number of hydrogen-bond acceptors (Lipinski definition) is 2. The molecule has 0 aliphatic carbocycles. The van der Waals surface area contributed by atoms with Crippen LogP contribution in [0.3, 0.4) is 0 Å². The van der Waals surface area contributed by atoms with E-state index in [1.54, 1.807) is 0 Å². The second-order valence-electron chi connectivity index (χ2n) is 2.63. The van der Waals surface area contributed by atoms with Crippen LogP contribution in [0.15, 0.2) is 26.5 Å². The van der Waals surface area contributed by atoms with Gasteiger partial charge in [0.1, 0.15) is 0 Å². The normalized spacial score (nSPS) is 25.0. The van der Waals surface area contributed by atoms with Crippen LogP contribution in [0.5, 0.6) is 0 Å². The predicted molar refractivity (Wildman–Crippen MR) is 57.2 cm³/mol. The SMILES string of the molecule is CI1C=CC2=C(N=C1)NCC2. The van der Waals surface area contributed by atoms with E-state index < -0.39 is 19.8 Å². The molecule has 2 nitrogen and oxygen atoms in total. The molecule has 2 aliphatic rings. The Morgan fingerprint density at radius 3 is 3.45 bits per heavy atom. The van der Waals surface area contributed by atoms with E-state index in [0.717, 1.165) is 18.8 Å². The van der Waals surface area contributed by atoms with E-state index in [-0.39, 0.29) is 0 Å². The molecule has 2 rings (SSSR count). The number of nitrogens with one attached hydrogen (secondary N) is 1. The van der Waals surface area contributed by atoms with Crippen molar-refractivity contribution in [3.05, 3.63) is 21.6 Å². The van der Waals surface area contributed by atoms with Gasteiger partial charge >= 0.3 is 73.8 Å². The third-order valence-electron chi connectivity index (χ3n) is 1.79. The topological polar surface area (TPSA) is 24.4 Å². The Labute approximate surface area is 73.9 Å². The average molecular weight is 262 g/mol. The third-order valence-corrected chi connectivity index (χ3v) is 4.44. The molecule has 0 fully saturated rings. The van der Waals surface area contributed by atoms with Gasteiger partial charge in [-0.2, -0.15) is 0 Å². The Morgan fingerprint density at radius 2 is 2.55 bits per heavy atom. The summed E-state index contributed by atoms with van der Waals surface area (Å²) in [5.74, 6) is 1.11. The molecule has 0 bridgehead atoms. The number of hydrogen-bond donors (Lipinski definition) is 1. The Bertz CT molecular complexity index is 229. The fraction of sp³-hybridized carbons (Fsp3) is 0.375. The van der Waals surface area contributed by atoms with Crippen molar-refractivity contribution in [2.45, 2.75) is 6.42 Å². The molecular formula is C8H11IN2. The van der Waals surface area contributed by atoms with E-state index in [1.807, 2.05) is 0 Å². The first kappa shape index (κ1) is 7.34. The quantitative estimate of drug-likeness (QED) is 0.523. The summed E-state index contributed by atoms with van der Waals surface area (Å²) in [6.07, 6.45) is 3.40. The molecule has 0 amide bonds. The predicted octanol–water partition coefficient (Wildman–Crippen LogP) is 1.88. The van der Waals surface area contributed by atoms with Crippen molar-refractivity contribution in [3.63, 3.8) is 0 Å². The van der Waals surface area contributed by atoms with Crippen molar-refractivity contribution in [1.82, 2.24) is 5.32 Å². The van der Waals surface area contributed by atoms with E-state index in [4.69, 9.17) is 0 Å². The van der Waals surface area contributed by atoms with E-state index in [0.29, 0.717) is 0 Å². The van der Waals surface area contributed by atoms with Gasteiger partial charge in [-0.15, -0.1) is 0 Å². The van der Waals surface area contributed by atoms with E-state index in [1.165, 1.54) is 5.57 Å². The molecule has 0 aromatic heterocycles. The monoisotopic (exact) mass is 262 g/mol. The van der Waals surface area contributed by atoms with Crippen molar-refractivity contribution < 1.29 is 0 Å². The van der Waals surface area contributed by atoms with Gasteiger partial charge in [-0.1, -0.05) is 0 Å². The van der Waals surface area contributed by atoms with Crippen molar-refractivity contribution >= 4 is 24.0 Å². The van der Waals surface area contributed by atoms with Crippen LogP contribution >= 0.6 is 19.8 Å². The Kier molecular flexibility index (Phi) is 1.98. The summed E-state index contributed by atoms with van der Waals surface area (Å²) in [6, 6.07) is 0. The van der Waals surface area contributed by atoms with Crippen LogP contribution in [0.4, 0.5) is 0 Å². The molecule has 0 aromatic rings. The summed E-state index contributed by atoms with van der Waals surface area (Å²) in [4.78, 5) is 6.71. The Balaban J connectivity index is 2.30.